The molecule has 59 heavy (non-hydrogen) atoms. The van der Waals surface area contributed by atoms with E-state index in [9.17, 15) is 33.6 Å². The molecule has 1 fully saturated rings. The molecule has 0 spiro atoms. The summed E-state index contributed by atoms with van der Waals surface area (Å²) in [5.74, 6) is -2.74. The first-order chi connectivity index (χ1) is 28.5. The van der Waals surface area contributed by atoms with Crippen LogP contribution >= 0.6 is 0 Å². The Labute approximate surface area is 344 Å². The number of para-hydroxylation sites is 2. The topological polar surface area (TPSA) is 201 Å². The van der Waals surface area contributed by atoms with Crippen LogP contribution in [0.3, 0.4) is 0 Å². The molecule has 0 aliphatic carbocycles. The summed E-state index contributed by atoms with van der Waals surface area (Å²) in [7, 11) is 0. The average molecular weight is 823 g/mol. The van der Waals surface area contributed by atoms with Gasteiger partial charge in [-0.05, 0) is 45.0 Å². The van der Waals surface area contributed by atoms with E-state index < -0.39 is 23.8 Å². The predicted molar refractivity (Wildman–Crippen MR) is 220 cm³/mol. The normalized spacial score (nSPS) is 15.1. The minimum absolute atomic E-state index is 0.0160. The number of fused-ring (bicyclic) bond motifs is 2. The van der Waals surface area contributed by atoms with Crippen molar-refractivity contribution in [2.75, 3.05) is 118 Å². The molecule has 3 N–H and O–H groups in total. The molecule has 3 amide bonds. The molecular formula is C41H58N8O10. The number of pyridine rings is 1. The molecular weight excluding hydrogens is 764 g/mol. The van der Waals surface area contributed by atoms with Crippen molar-refractivity contribution in [3.8, 4) is 0 Å². The SMILES string of the molecule is CCOC(=O)CNC(=O)CN1CCN(CCn2c3ccccc3c(=O)c3ccccc32)CCN(CC(=O)NCC(=O)OCC)CCN(CC(=O)NCC(=O)OCC)CC1. The number of rotatable bonds is 18. The van der Waals surface area contributed by atoms with Crippen LogP contribution in [0.5, 0.6) is 0 Å². The maximum Gasteiger partial charge on any atom is 0.325 e. The van der Waals surface area contributed by atoms with Gasteiger partial charge in [-0.15, -0.1) is 0 Å². The van der Waals surface area contributed by atoms with Crippen molar-refractivity contribution in [3.63, 3.8) is 0 Å². The van der Waals surface area contributed by atoms with Crippen LogP contribution in [0, 0.1) is 0 Å². The van der Waals surface area contributed by atoms with Crippen molar-refractivity contribution >= 4 is 57.4 Å². The molecule has 3 aromatic rings. The first-order valence-corrected chi connectivity index (χ1v) is 20.2. The highest BCUT2D eigenvalue weighted by atomic mass is 16.5. The molecule has 1 saturated heterocycles. The van der Waals surface area contributed by atoms with E-state index in [1.165, 1.54) is 0 Å². The van der Waals surface area contributed by atoms with Crippen LogP contribution in [0.1, 0.15) is 20.8 Å². The van der Waals surface area contributed by atoms with Crippen molar-refractivity contribution in [1.82, 2.24) is 40.1 Å². The zero-order valence-electron chi connectivity index (χ0n) is 34.4. The number of hydrogen-bond donors (Lipinski definition) is 3. The van der Waals surface area contributed by atoms with Crippen LogP contribution in [-0.2, 0) is 49.5 Å². The molecule has 4 rings (SSSR count). The van der Waals surface area contributed by atoms with E-state index in [1.54, 1.807) is 20.8 Å². The van der Waals surface area contributed by atoms with E-state index >= 15 is 0 Å². The second-order valence-corrected chi connectivity index (χ2v) is 13.9. The van der Waals surface area contributed by atoms with Crippen LogP contribution in [0.2, 0.25) is 0 Å². The van der Waals surface area contributed by atoms with Gasteiger partial charge in [0.05, 0.1) is 50.5 Å². The summed E-state index contributed by atoms with van der Waals surface area (Å²) in [6.07, 6.45) is 0. The van der Waals surface area contributed by atoms with Crippen molar-refractivity contribution in [2.24, 2.45) is 0 Å². The van der Waals surface area contributed by atoms with E-state index in [0.717, 1.165) is 11.0 Å². The monoisotopic (exact) mass is 822 g/mol. The molecule has 0 saturated carbocycles. The lowest BCUT2D eigenvalue weighted by Gasteiger charge is -2.34. The van der Waals surface area contributed by atoms with Gasteiger partial charge >= 0.3 is 17.9 Å². The number of nitrogens with one attached hydrogen (secondary N) is 3. The predicted octanol–water partition coefficient (Wildman–Crippen LogP) is -0.586. The summed E-state index contributed by atoms with van der Waals surface area (Å²) in [5.41, 5.74) is 1.60. The lowest BCUT2D eigenvalue weighted by molar-refractivity contribution is -0.144. The van der Waals surface area contributed by atoms with Gasteiger partial charge in [0.25, 0.3) is 0 Å². The van der Waals surface area contributed by atoms with E-state index in [0.29, 0.717) is 76.2 Å². The third kappa shape index (κ3) is 15.4. The Bertz CT molecular complexity index is 1840. The molecule has 2 aromatic carbocycles. The number of aromatic nitrogens is 1. The van der Waals surface area contributed by atoms with Crippen molar-refractivity contribution in [3.05, 3.63) is 58.8 Å². The summed E-state index contributed by atoms with van der Waals surface area (Å²) in [5, 5.41) is 9.11. The number of carbonyl (C=O) groups is 6. The van der Waals surface area contributed by atoms with Crippen LogP contribution in [0.15, 0.2) is 53.3 Å². The van der Waals surface area contributed by atoms with Gasteiger partial charge in [0.15, 0.2) is 5.43 Å². The minimum Gasteiger partial charge on any atom is -0.465 e. The van der Waals surface area contributed by atoms with Crippen molar-refractivity contribution in [1.29, 1.82) is 0 Å². The number of esters is 3. The van der Waals surface area contributed by atoms with Gasteiger partial charge in [-0.25, -0.2) is 0 Å². The van der Waals surface area contributed by atoms with Crippen LogP contribution < -0.4 is 21.4 Å². The molecule has 0 radical (unpaired) electrons. The third-order valence-electron chi connectivity index (χ3n) is 9.76. The standard InChI is InChI=1S/C41H58N8O10/c1-4-57-38(53)25-42-35(50)28-46-17-15-45(23-24-49-33-13-9-7-11-31(33)41(56)32-12-8-10-14-34(32)49)16-18-47(29-36(51)43-26-39(54)58-5-2)20-22-48(21-19-46)30-37(52)44-27-40(55)59-6-3/h7-14H,4-6,15-30H2,1-3H3,(H,42,50)(H,43,51)(H,44,52). The van der Waals surface area contributed by atoms with E-state index in [2.05, 4.69) is 25.4 Å². The highest BCUT2D eigenvalue weighted by Gasteiger charge is 2.22. The zero-order chi connectivity index (χ0) is 42.6. The van der Waals surface area contributed by atoms with Crippen molar-refractivity contribution < 1.29 is 43.0 Å². The maximum atomic E-state index is 13.4. The molecule has 18 nitrogen and oxygen atoms in total. The molecule has 1 aliphatic rings. The van der Waals surface area contributed by atoms with Crippen LogP contribution in [0.4, 0.5) is 0 Å². The lowest BCUT2D eigenvalue weighted by atomic mass is 10.1. The fraction of sp³-hybridized carbons (Fsp3) is 0.537. The van der Waals surface area contributed by atoms with Crippen LogP contribution in [-0.4, -0.2) is 178 Å². The maximum absolute atomic E-state index is 13.4. The number of ether oxygens (including phenoxy) is 3. The molecule has 1 aliphatic heterocycles. The molecule has 0 atom stereocenters. The van der Waals surface area contributed by atoms with Gasteiger partial charge in [-0.1, -0.05) is 24.3 Å². The molecule has 0 unspecified atom stereocenters. The zero-order valence-corrected chi connectivity index (χ0v) is 34.4. The average Bonchev–Trinajstić information content (AvgIpc) is 3.22. The summed E-state index contributed by atoms with van der Waals surface area (Å²) >= 11 is 0. The first-order valence-electron chi connectivity index (χ1n) is 20.2. The van der Waals surface area contributed by atoms with Gasteiger partial charge < -0.3 is 34.7 Å². The number of hydrogen-bond acceptors (Lipinski definition) is 14. The van der Waals surface area contributed by atoms with Gasteiger partial charge in [0, 0.05) is 76.2 Å². The number of carbonyl (C=O) groups excluding carboxylic acids is 6. The Morgan fingerprint density at radius 3 is 1.15 bits per heavy atom. The van der Waals surface area contributed by atoms with E-state index in [-0.39, 0.29) is 76.3 Å². The number of nitrogens with zero attached hydrogens (tertiary/aromatic N) is 5. The largest absolute Gasteiger partial charge is 0.465 e. The van der Waals surface area contributed by atoms with Gasteiger partial charge in [0.1, 0.15) is 19.6 Å². The lowest BCUT2D eigenvalue weighted by Crippen LogP contribution is -2.51. The third-order valence-corrected chi connectivity index (χ3v) is 9.76. The second-order valence-electron chi connectivity index (χ2n) is 13.9. The van der Waals surface area contributed by atoms with Gasteiger partial charge in [0.2, 0.25) is 17.7 Å². The molecule has 1 aromatic heterocycles. The van der Waals surface area contributed by atoms with Gasteiger partial charge in [-0.2, -0.15) is 0 Å². The van der Waals surface area contributed by atoms with Gasteiger partial charge in [-0.3, -0.25) is 53.2 Å². The highest BCUT2D eigenvalue weighted by Crippen LogP contribution is 2.19. The molecule has 322 valence electrons. The Morgan fingerprint density at radius 1 is 0.492 bits per heavy atom. The van der Waals surface area contributed by atoms with Crippen molar-refractivity contribution in [2.45, 2.75) is 27.3 Å². The fourth-order valence-electron chi connectivity index (χ4n) is 6.76. The number of amides is 3. The highest BCUT2D eigenvalue weighted by molar-refractivity contribution is 5.93. The Morgan fingerprint density at radius 2 is 0.814 bits per heavy atom. The van der Waals surface area contributed by atoms with E-state index in [4.69, 9.17) is 14.2 Å². The minimum atomic E-state index is -0.554. The Balaban J connectivity index is 1.58. The fourth-order valence-corrected chi connectivity index (χ4v) is 6.76. The van der Waals surface area contributed by atoms with E-state index in [1.807, 2.05) is 63.2 Å². The summed E-state index contributed by atoms with van der Waals surface area (Å²) in [6.45, 7) is 9.24. The molecule has 2 heterocycles. The Hall–Kier alpha value is -5.43. The second kappa shape index (κ2) is 24.5. The quantitative estimate of drug-likeness (QED) is 0.0836. The molecule has 0 bridgehead atoms. The smallest absolute Gasteiger partial charge is 0.325 e. The summed E-state index contributed by atoms with van der Waals surface area (Å²) in [6, 6.07) is 15.1. The molecule has 18 heteroatoms. The summed E-state index contributed by atoms with van der Waals surface area (Å²) < 4.78 is 17.0. The Kier molecular flexibility index (Phi) is 19.2. The number of benzene rings is 2. The summed E-state index contributed by atoms with van der Waals surface area (Å²) in [4.78, 5) is 96.5. The van der Waals surface area contributed by atoms with Crippen LogP contribution in [0.25, 0.3) is 21.8 Å². The first kappa shape index (κ1) is 46.3.